The first-order valence-corrected chi connectivity index (χ1v) is 12.4. The molecule has 4 rings (SSSR count). The number of rotatable bonds is 7. The number of para-hydroxylation sites is 2. The number of hydrogen-bond acceptors (Lipinski definition) is 5. The number of hydrogen-bond donors (Lipinski definition) is 2. The van der Waals surface area contributed by atoms with E-state index in [1.807, 2.05) is 31.2 Å². The predicted octanol–water partition coefficient (Wildman–Crippen LogP) is 3.34. The number of aryl methyl sites for hydroxylation is 2. The summed E-state index contributed by atoms with van der Waals surface area (Å²) in [6.07, 6.45) is 3.67. The van der Waals surface area contributed by atoms with Crippen LogP contribution in [0.3, 0.4) is 0 Å². The quantitative estimate of drug-likeness (QED) is 0.652. The topological polar surface area (TPSA) is 85.7 Å². The molecule has 0 radical (unpaired) electrons. The Bertz CT molecular complexity index is 1030. The van der Waals surface area contributed by atoms with Gasteiger partial charge in [-0.25, -0.2) is 4.79 Å². The summed E-state index contributed by atoms with van der Waals surface area (Å²) in [6.45, 7) is 11.9. The van der Waals surface area contributed by atoms with E-state index < -0.39 is 0 Å². The molecule has 2 aromatic rings. The number of amides is 3. The maximum atomic E-state index is 13.6. The van der Waals surface area contributed by atoms with E-state index in [0.29, 0.717) is 41.0 Å². The zero-order chi connectivity index (χ0) is 24.2. The van der Waals surface area contributed by atoms with Crippen LogP contribution in [0.4, 0.5) is 21.9 Å². The van der Waals surface area contributed by atoms with Crippen molar-refractivity contribution in [3.05, 3.63) is 35.7 Å². The molecule has 2 N–H and O–H groups in total. The molecule has 0 spiro atoms. The number of carbonyl (C=O) groups excluding carboxylic acids is 2. The van der Waals surface area contributed by atoms with Crippen LogP contribution in [0.2, 0.25) is 0 Å². The fourth-order valence-corrected chi connectivity index (χ4v) is 5.18. The molecule has 1 aromatic carbocycles. The van der Waals surface area contributed by atoms with Crippen LogP contribution < -0.4 is 15.5 Å². The Balaban J connectivity index is 1.51. The summed E-state index contributed by atoms with van der Waals surface area (Å²) in [7, 11) is 1.73. The number of benzene rings is 1. The maximum Gasteiger partial charge on any atom is 0.326 e. The van der Waals surface area contributed by atoms with E-state index in [0.717, 1.165) is 32.7 Å². The second-order valence-electron chi connectivity index (χ2n) is 9.12. The molecule has 1 aromatic heterocycles. The van der Waals surface area contributed by atoms with Gasteiger partial charge in [0, 0.05) is 32.7 Å². The van der Waals surface area contributed by atoms with Crippen LogP contribution in [-0.2, 0) is 7.05 Å². The molecule has 1 unspecified atom stereocenters. The lowest BCUT2D eigenvalue weighted by atomic mass is 10.0. The van der Waals surface area contributed by atoms with E-state index in [9.17, 15) is 9.59 Å². The van der Waals surface area contributed by atoms with Gasteiger partial charge in [-0.05, 0) is 51.5 Å². The maximum absolute atomic E-state index is 13.6. The van der Waals surface area contributed by atoms with Crippen molar-refractivity contribution in [2.24, 2.45) is 7.05 Å². The summed E-state index contributed by atoms with van der Waals surface area (Å²) in [4.78, 5) is 33.1. The Morgan fingerprint density at radius 1 is 1.24 bits per heavy atom. The van der Waals surface area contributed by atoms with E-state index >= 15 is 0 Å². The fourth-order valence-electron chi connectivity index (χ4n) is 5.18. The van der Waals surface area contributed by atoms with Gasteiger partial charge in [-0.1, -0.05) is 32.4 Å². The summed E-state index contributed by atoms with van der Waals surface area (Å²) < 4.78 is 1.54. The molecule has 34 heavy (non-hydrogen) atoms. The molecule has 3 heterocycles. The number of nitrogens with one attached hydrogen (secondary N) is 2. The third-order valence-corrected chi connectivity index (χ3v) is 7.01. The largest absolute Gasteiger partial charge is 0.336 e. The van der Waals surface area contributed by atoms with Crippen LogP contribution >= 0.6 is 0 Å². The highest BCUT2D eigenvalue weighted by Crippen LogP contribution is 2.39. The molecule has 1 fully saturated rings. The van der Waals surface area contributed by atoms with E-state index in [-0.39, 0.29) is 11.9 Å². The van der Waals surface area contributed by atoms with Gasteiger partial charge < -0.3 is 15.5 Å². The normalized spacial score (nSPS) is 18.3. The Hall–Kier alpha value is -2.91. The highest BCUT2D eigenvalue weighted by atomic mass is 16.2. The highest BCUT2D eigenvalue weighted by Gasteiger charge is 2.34. The molecule has 2 aliphatic rings. The van der Waals surface area contributed by atoms with E-state index in [2.05, 4.69) is 39.4 Å². The van der Waals surface area contributed by atoms with Crippen molar-refractivity contribution in [2.75, 3.05) is 49.5 Å². The molecule has 9 heteroatoms. The molecule has 0 aliphatic carbocycles. The summed E-state index contributed by atoms with van der Waals surface area (Å²) in [6, 6.07) is 7.66. The first kappa shape index (κ1) is 24.2. The molecule has 1 saturated heterocycles. The van der Waals surface area contributed by atoms with Gasteiger partial charge in [0.15, 0.2) is 5.69 Å². The zero-order valence-corrected chi connectivity index (χ0v) is 20.8. The molecule has 0 bridgehead atoms. The fraction of sp³-hybridized carbons (Fsp3) is 0.560. The molecule has 2 aliphatic heterocycles. The number of piperidine rings is 1. The number of anilines is 3. The Morgan fingerprint density at radius 3 is 2.76 bits per heavy atom. The number of likely N-dealkylation sites (tertiary alicyclic amines) is 1. The number of carbonyl (C=O) groups is 2. The summed E-state index contributed by atoms with van der Waals surface area (Å²) in [5.74, 6) is -0.270. The van der Waals surface area contributed by atoms with Gasteiger partial charge in [0.05, 0.1) is 17.1 Å². The molecular weight excluding hydrogens is 430 g/mol. The SMILES string of the molecule is CCN(CC)CC1CCCCN1CCNC(=O)N1c2ccccc2NC(=O)c2c1c(C)nn2C. The second-order valence-corrected chi connectivity index (χ2v) is 9.12. The first-order valence-electron chi connectivity index (χ1n) is 12.4. The molecule has 184 valence electrons. The third kappa shape index (κ3) is 4.81. The van der Waals surface area contributed by atoms with Gasteiger partial charge in [-0.3, -0.25) is 19.3 Å². The third-order valence-electron chi connectivity index (χ3n) is 7.01. The monoisotopic (exact) mass is 467 g/mol. The predicted molar refractivity (Wildman–Crippen MR) is 135 cm³/mol. The van der Waals surface area contributed by atoms with Gasteiger partial charge in [0.2, 0.25) is 0 Å². The van der Waals surface area contributed by atoms with Crippen LogP contribution in [-0.4, -0.2) is 76.8 Å². The average Bonchev–Trinajstić information content (AvgIpc) is 3.04. The summed E-state index contributed by atoms with van der Waals surface area (Å²) >= 11 is 0. The van der Waals surface area contributed by atoms with Crippen LogP contribution in [0.25, 0.3) is 0 Å². The van der Waals surface area contributed by atoms with Crippen LogP contribution in [0.5, 0.6) is 0 Å². The second kappa shape index (κ2) is 10.6. The lowest BCUT2D eigenvalue weighted by molar-refractivity contribution is 0.101. The van der Waals surface area contributed by atoms with Gasteiger partial charge in [0.25, 0.3) is 5.91 Å². The summed E-state index contributed by atoms with van der Waals surface area (Å²) in [5, 5.41) is 10.5. The molecular formula is C25H37N7O2. The number of nitrogens with zero attached hydrogens (tertiary/aromatic N) is 5. The van der Waals surface area contributed by atoms with E-state index in [1.165, 1.54) is 23.9 Å². The summed E-state index contributed by atoms with van der Waals surface area (Å²) in [5.41, 5.74) is 2.78. The molecule has 3 amide bonds. The smallest absolute Gasteiger partial charge is 0.326 e. The van der Waals surface area contributed by atoms with Crippen molar-refractivity contribution < 1.29 is 9.59 Å². The minimum Gasteiger partial charge on any atom is -0.336 e. The minimum atomic E-state index is -0.270. The van der Waals surface area contributed by atoms with Crippen LogP contribution in [0.15, 0.2) is 24.3 Å². The van der Waals surface area contributed by atoms with Crippen molar-refractivity contribution >= 4 is 29.0 Å². The van der Waals surface area contributed by atoms with Crippen molar-refractivity contribution in [1.82, 2.24) is 24.9 Å². The van der Waals surface area contributed by atoms with Crippen molar-refractivity contribution in [1.29, 1.82) is 0 Å². The van der Waals surface area contributed by atoms with Gasteiger partial charge in [-0.2, -0.15) is 5.10 Å². The molecule has 0 saturated carbocycles. The number of aromatic nitrogens is 2. The van der Waals surface area contributed by atoms with Crippen molar-refractivity contribution in [2.45, 2.75) is 46.1 Å². The van der Waals surface area contributed by atoms with Crippen molar-refractivity contribution in [3.8, 4) is 0 Å². The zero-order valence-electron chi connectivity index (χ0n) is 20.8. The van der Waals surface area contributed by atoms with Gasteiger partial charge >= 0.3 is 6.03 Å². The standard InChI is InChI=1S/C25H37N7O2/c1-5-30(6-2)17-19-11-9-10-15-31(19)16-14-26-25(34)32-21-13-8-7-12-20(21)27-24(33)23-22(32)18(3)28-29(23)4/h7-8,12-13,19H,5-6,9-11,14-17H2,1-4H3,(H,26,34)(H,27,33). The molecule has 1 atom stereocenters. The van der Waals surface area contributed by atoms with Gasteiger partial charge in [-0.15, -0.1) is 0 Å². The van der Waals surface area contributed by atoms with E-state index in [4.69, 9.17) is 0 Å². The van der Waals surface area contributed by atoms with Gasteiger partial charge in [0.1, 0.15) is 5.69 Å². The number of urea groups is 1. The minimum absolute atomic E-state index is 0.251. The first-order chi connectivity index (χ1) is 16.4. The molecule has 9 nitrogen and oxygen atoms in total. The number of likely N-dealkylation sites (N-methyl/N-ethyl adjacent to an activating group) is 1. The lowest BCUT2D eigenvalue weighted by Gasteiger charge is -2.38. The Morgan fingerprint density at radius 2 is 2.00 bits per heavy atom. The van der Waals surface area contributed by atoms with E-state index in [1.54, 1.807) is 11.9 Å². The van der Waals surface area contributed by atoms with Crippen LogP contribution in [0, 0.1) is 6.92 Å². The number of fused-ring (bicyclic) bond motifs is 2. The van der Waals surface area contributed by atoms with Crippen LogP contribution in [0.1, 0.15) is 49.3 Å². The highest BCUT2D eigenvalue weighted by molar-refractivity contribution is 6.17. The van der Waals surface area contributed by atoms with Crippen molar-refractivity contribution in [3.63, 3.8) is 0 Å². The Kier molecular flexibility index (Phi) is 7.53. The Labute approximate surface area is 202 Å². The average molecular weight is 468 g/mol. The lowest BCUT2D eigenvalue weighted by Crippen LogP contribution is -2.50.